The molecule has 7 heteroatoms. The van der Waals surface area contributed by atoms with Crippen molar-refractivity contribution in [2.45, 2.75) is 20.3 Å². The third kappa shape index (κ3) is 3.15. The second-order valence-corrected chi connectivity index (χ2v) is 5.84. The van der Waals surface area contributed by atoms with E-state index in [1.165, 1.54) is 11.3 Å². The van der Waals surface area contributed by atoms with Crippen molar-refractivity contribution in [3.8, 4) is 0 Å². The molecule has 2 N–H and O–H groups in total. The summed E-state index contributed by atoms with van der Waals surface area (Å²) in [5.41, 5.74) is 3.49. The second kappa shape index (κ2) is 6.67. The number of amides is 2. The molecule has 0 saturated carbocycles. The number of thiophene rings is 1. The van der Waals surface area contributed by atoms with Crippen LogP contribution in [0, 0.1) is 6.92 Å². The highest BCUT2D eigenvalue weighted by Gasteiger charge is 2.17. The Balaban J connectivity index is 2.36. The smallest absolute Gasteiger partial charge is 0.293 e. The van der Waals surface area contributed by atoms with Crippen LogP contribution < -0.4 is 5.48 Å². The van der Waals surface area contributed by atoms with E-state index < -0.39 is 5.91 Å². The third-order valence-electron chi connectivity index (χ3n) is 3.24. The minimum atomic E-state index is -0.557. The van der Waals surface area contributed by atoms with Crippen LogP contribution in [0.5, 0.6) is 0 Å². The Morgan fingerprint density at radius 3 is 2.73 bits per heavy atom. The van der Waals surface area contributed by atoms with Crippen LogP contribution in [0.25, 0.3) is 0 Å². The highest BCUT2D eigenvalue weighted by molar-refractivity contribution is 7.16. The standard InChI is InChI=1S/C15H17N3O3S/c1-4-10(16-14(19)11-6-5-7-18(11)3)12-8-9(2)13(22-12)15(20)17-21/h5-8,21H,4H2,1-3H3,(H,17,20). The average Bonchev–Trinajstić information content (AvgIpc) is 3.09. The van der Waals surface area contributed by atoms with E-state index in [4.69, 9.17) is 5.21 Å². The molecular formula is C15H17N3O3S. The van der Waals surface area contributed by atoms with Gasteiger partial charge < -0.3 is 4.57 Å². The quantitative estimate of drug-likeness (QED) is 0.516. The van der Waals surface area contributed by atoms with Gasteiger partial charge in [0.25, 0.3) is 11.8 Å². The summed E-state index contributed by atoms with van der Waals surface area (Å²) in [4.78, 5) is 29.1. The largest absolute Gasteiger partial charge is 0.347 e. The Hall–Kier alpha value is -2.25. The van der Waals surface area contributed by atoms with Crippen LogP contribution in [0.3, 0.4) is 0 Å². The number of aliphatic imine (C=N–C) groups is 1. The van der Waals surface area contributed by atoms with E-state index in [9.17, 15) is 9.59 Å². The number of hydrogen-bond donors (Lipinski definition) is 2. The molecule has 0 bridgehead atoms. The number of nitrogens with one attached hydrogen (secondary N) is 1. The first-order valence-electron chi connectivity index (χ1n) is 6.76. The van der Waals surface area contributed by atoms with Crippen LogP contribution in [-0.2, 0) is 7.05 Å². The van der Waals surface area contributed by atoms with Crippen LogP contribution in [-0.4, -0.2) is 27.3 Å². The maximum Gasteiger partial charge on any atom is 0.293 e. The Morgan fingerprint density at radius 1 is 1.45 bits per heavy atom. The minimum absolute atomic E-state index is 0.316. The molecule has 6 nitrogen and oxygen atoms in total. The Morgan fingerprint density at radius 2 is 2.18 bits per heavy atom. The molecule has 116 valence electrons. The molecule has 0 aliphatic carbocycles. The predicted molar refractivity (Wildman–Crippen MR) is 84.9 cm³/mol. The van der Waals surface area contributed by atoms with Gasteiger partial charge in [-0.3, -0.25) is 14.8 Å². The second-order valence-electron chi connectivity index (χ2n) is 4.79. The van der Waals surface area contributed by atoms with Crippen molar-refractivity contribution >= 4 is 28.9 Å². The number of aromatic nitrogens is 1. The predicted octanol–water partition coefficient (Wildman–Crippen LogP) is 2.55. The number of carbonyl (C=O) groups is 2. The molecule has 2 aromatic heterocycles. The summed E-state index contributed by atoms with van der Waals surface area (Å²) in [6.45, 7) is 3.68. The zero-order chi connectivity index (χ0) is 16.3. The summed E-state index contributed by atoms with van der Waals surface area (Å²) in [6.07, 6.45) is 2.35. The van der Waals surface area contributed by atoms with Crippen molar-refractivity contribution in [3.05, 3.63) is 45.4 Å². The van der Waals surface area contributed by atoms with Crippen LogP contribution in [0.4, 0.5) is 0 Å². The third-order valence-corrected chi connectivity index (χ3v) is 4.53. The van der Waals surface area contributed by atoms with Gasteiger partial charge in [-0.25, -0.2) is 10.5 Å². The summed E-state index contributed by atoms with van der Waals surface area (Å²) < 4.78 is 1.71. The van der Waals surface area contributed by atoms with Gasteiger partial charge in [0.05, 0.1) is 10.6 Å². The fraction of sp³-hybridized carbons (Fsp3) is 0.267. The number of aryl methyl sites for hydroxylation is 2. The van der Waals surface area contributed by atoms with Crippen molar-refractivity contribution in [1.82, 2.24) is 10.0 Å². The summed E-state index contributed by atoms with van der Waals surface area (Å²) >= 11 is 1.21. The van der Waals surface area contributed by atoms with E-state index in [1.54, 1.807) is 48.4 Å². The highest BCUT2D eigenvalue weighted by Crippen LogP contribution is 2.24. The topological polar surface area (TPSA) is 83.7 Å². The zero-order valence-electron chi connectivity index (χ0n) is 12.6. The molecular weight excluding hydrogens is 302 g/mol. The lowest BCUT2D eigenvalue weighted by Crippen LogP contribution is -2.17. The minimum Gasteiger partial charge on any atom is -0.347 e. The van der Waals surface area contributed by atoms with Gasteiger partial charge in [0.1, 0.15) is 5.69 Å². The number of hydroxylamine groups is 1. The Labute approximate surface area is 132 Å². The van der Waals surface area contributed by atoms with Crippen LogP contribution >= 0.6 is 11.3 Å². The summed E-state index contributed by atoms with van der Waals surface area (Å²) in [5.74, 6) is -0.874. The van der Waals surface area contributed by atoms with Gasteiger partial charge >= 0.3 is 0 Å². The summed E-state index contributed by atoms with van der Waals surface area (Å²) in [6, 6.07) is 5.30. The van der Waals surface area contributed by atoms with Gasteiger partial charge in [-0.1, -0.05) is 6.92 Å². The van der Waals surface area contributed by atoms with Crippen molar-refractivity contribution in [2.75, 3.05) is 0 Å². The molecule has 0 fully saturated rings. The van der Waals surface area contributed by atoms with Gasteiger partial charge in [-0.2, -0.15) is 0 Å². The fourth-order valence-corrected chi connectivity index (χ4v) is 3.19. The molecule has 0 spiro atoms. The number of nitrogens with zero attached hydrogens (tertiary/aromatic N) is 2. The van der Waals surface area contributed by atoms with Crippen molar-refractivity contribution < 1.29 is 14.8 Å². The number of carbonyl (C=O) groups excluding carboxylic acids is 2. The molecule has 0 unspecified atom stereocenters. The summed E-state index contributed by atoms with van der Waals surface area (Å²) in [5, 5.41) is 8.74. The summed E-state index contributed by atoms with van der Waals surface area (Å²) in [7, 11) is 1.79. The van der Waals surface area contributed by atoms with Crippen LogP contribution in [0.1, 0.15) is 43.9 Å². The van der Waals surface area contributed by atoms with E-state index in [2.05, 4.69) is 4.99 Å². The van der Waals surface area contributed by atoms with Crippen LogP contribution in [0.2, 0.25) is 0 Å². The molecule has 0 radical (unpaired) electrons. The first-order chi connectivity index (χ1) is 10.5. The molecule has 0 aromatic carbocycles. The zero-order valence-corrected chi connectivity index (χ0v) is 13.4. The molecule has 2 rings (SSSR count). The first kappa shape index (κ1) is 16.1. The lowest BCUT2D eigenvalue weighted by molar-refractivity contribution is 0.0710. The first-order valence-corrected chi connectivity index (χ1v) is 7.58. The lowest BCUT2D eigenvalue weighted by atomic mass is 10.2. The van der Waals surface area contributed by atoms with Crippen LogP contribution in [0.15, 0.2) is 29.4 Å². The van der Waals surface area contributed by atoms with Gasteiger partial charge in [0, 0.05) is 18.1 Å². The van der Waals surface area contributed by atoms with Gasteiger partial charge in [-0.05, 0) is 37.1 Å². The maximum absolute atomic E-state index is 12.2. The molecule has 0 atom stereocenters. The molecule has 2 aromatic rings. The fourth-order valence-electron chi connectivity index (χ4n) is 2.07. The molecule has 2 heterocycles. The molecule has 2 amide bonds. The SMILES string of the molecule is CCC(=NC(=O)c1cccn1C)c1cc(C)c(C(=O)NO)s1. The molecule has 22 heavy (non-hydrogen) atoms. The number of rotatable bonds is 4. The molecule has 0 saturated heterocycles. The van der Waals surface area contributed by atoms with E-state index in [-0.39, 0.29) is 5.91 Å². The Bertz CT molecular complexity index is 743. The lowest BCUT2D eigenvalue weighted by Gasteiger charge is -2.02. The number of hydrogen-bond acceptors (Lipinski definition) is 4. The van der Waals surface area contributed by atoms with E-state index >= 15 is 0 Å². The normalized spacial score (nSPS) is 11.5. The van der Waals surface area contributed by atoms with Crippen molar-refractivity contribution in [3.63, 3.8) is 0 Å². The maximum atomic E-state index is 12.2. The van der Waals surface area contributed by atoms with Crippen molar-refractivity contribution in [1.29, 1.82) is 0 Å². The van der Waals surface area contributed by atoms with E-state index in [0.717, 1.165) is 10.4 Å². The van der Waals surface area contributed by atoms with Crippen molar-refractivity contribution in [2.24, 2.45) is 12.0 Å². The Kier molecular flexibility index (Phi) is 4.89. The molecule has 0 aliphatic rings. The highest BCUT2D eigenvalue weighted by atomic mass is 32.1. The average molecular weight is 319 g/mol. The van der Waals surface area contributed by atoms with Gasteiger partial charge in [-0.15, -0.1) is 11.3 Å². The monoisotopic (exact) mass is 319 g/mol. The molecule has 0 aliphatic heterocycles. The van der Waals surface area contributed by atoms with E-state index in [1.807, 2.05) is 6.92 Å². The van der Waals surface area contributed by atoms with Gasteiger partial charge in [0.15, 0.2) is 0 Å². The van der Waals surface area contributed by atoms with E-state index in [0.29, 0.717) is 22.7 Å². The van der Waals surface area contributed by atoms with Gasteiger partial charge in [0.2, 0.25) is 0 Å².